The molecule has 0 bridgehead atoms. The van der Waals surface area contributed by atoms with Crippen LogP contribution in [0, 0.1) is 6.92 Å². The molecule has 1 aromatic carbocycles. The average Bonchev–Trinajstić information content (AvgIpc) is 2.49. The number of amides is 1. The molecule has 0 radical (unpaired) electrons. The second-order valence-electron chi connectivity index (χ2n) is 5.73. The first kappa shape index (κ1) is 13.9. The summed E-state index contributed by atoms with van der Waals surface area (Å²) < 4.78 is 0. The summed E-state index contributed by atoms with van der Waals surface area (Å²) >= 11 is 0. The van der Waals surface area contributed by atoms with Gasteiger partial charge in [0.15, 0.2) is 0 Å². The van der Waals surface area contributed by atoms with E-state index in [0.29, 0.717) is 30.8 Å². The number of carbonyl (C=O) groups excluding carboxylic acids is 1. The molecule has 1 aliphatic heterocycles. The number of nitrogen functional groups attached to an aromatic ring is 1. The highest BCUT2D eigenvalue weighted by Crippen LogP contribution is 2.23. The third-order valence-electron chi connectivity index (χ3n) is 3.79. The maximum atomic E-state index is 12.5. The van der Waals surface area contributed by atoms with Gasteiger partial charge in [0.05, 0.1) is 11.2 Å². The largest absolute Gasteiger partial charge is 0.398 e. The van der Waals surface area contributed by atoms with Gasteiger partial charge in [0.2, 0.25) is 0 Å². The molecular weight excluding hydrogens is 240 g/mol. The van der Waals surface area contributed by atoms with E-state index in [-0.39, 0.29) is 5.91 Å². The van der Waals surface area contributed by atoms with Gasteiger partial charge in [0.25, 0.3) is 5.91 Å². The van der Waals surface area contributed by atoms with Crippen LogP contribution in [-0.2, 0) is 0 Å². The van der Waals surface area contributed by atoms with Crippen LogP contribution >= 0.6 is 0 Å². The third-order valence-corrected chi connectivity index (χ3v) is 3.79. The molecule has 1 unspecified atom stereocenters. The molecule has 1 amide bonds. The molecule has 19 heavy (non-hydrogen) atoms. The molecule has 1 heterocycles. The Kier molecular flexibility index (Phi) is 3.80. The monoisotopic (exact) mass is 262 g/mol. The molecule has 0 spiro atoms. The van der Waals surface area contributed by atoms with Crippen molar-refractivity contribution in [1.29, 1.82) is 0 Å². The molecule has 1 saturated heterocycles. The Hall–Kier alpha value is -1.55. The highest BCUT2D eigenvalue weighted by Gasteiger charge is 2.27. The second-order valence-corrected chi connectivity index (χ2v) is 5.73. The van der Waals surface area contributed by atoms with Crippen LogP contribution in [0.2, 0.25) is 0 Å². The maximum Gasteiger partial charge on any atom is 0.255 e. The van der Waals surface area contributed by atoms with Gasteiger partial charge in [-0.05, 0) is 50.8 Å². The topological polar surface area (TPSA) is 66.6 Å². The van der Waals surface area contributed by atoms with E-state index in [9.17, 15) is 9.90 Å². The van der Waals surface area contributed by atoms with E-state index in [1.807, 2.05) is 26.0 Å². The molecule has 1 aliphatic rings. The lowest BCUT2D eigenvalue weighted by atomic mass is 9.98. The first-order valence-electron chi connectivity index (χ1n) is 6.77. The zero-order valence-corrected chi connectivity index (χ0v) is 11.6. The summed E-state index contributed by atoms with van der Waals surface area (Å²) in [5.74, 6) is -0.0322. The number of benzene rings is 1. The van der Waals surface area contributed by atoms with E-state index in [1.54, 1.807) is 11.0 Å². The summed E-state index contributed by atoms with van der Waals surface area (Å²) in [6.45, 7) is 5.05. The van der Waals surface area contributed by atoms with Crippen molar-refractivity contribution in [1.82, 2.24) is 4.90 Å². The lowest BCUT2D eigenvalue weighted by molar-refractivity contribution is 0.0438. The Morgan fingerprint density at radius 3 is 2.79 bits per heavy atom. The molecular formula is C15H22N2O2. The maximum absolute atomic E-state index is 12.5. The summed E-state index contributed by atoms with van der Waals surface area (Å²) in [6.07, 6.45) is 2.18. The standard InChI is InChI=1S/C15H22N2O2/c1-11-4-5-12(13(16)10-11)14(18)17-8-3-6-15(2,19)7-9-17/h4-5,10,19H,3,6-9,16H2,1-2H3. The molecule has 1 aromatic rings. The molecule has 3 N–H and O–H groups in total. The van der Waals surface area contributed by atoms with Crippen LogP contribution in [0.5, 0.6) is 0 Å². The number of rotatable bonds is 1. The van der Waals surface area contributed by atoms with Crippen molar-refractivity contribution in [3.8, 4) is 0 Å². The molecule has 104 valence electrons. The lowest BCUT2D eigenvalue weighted by Gasteiger charge is -2.23. The van der Waals surface area contributed by atoms with Gasteiger partial charge in [0, 0.05) is 18.8 Å². The normalized spacial score (nSPS) is 24.1. The number of carbonyl (C=O) groups is 1. The van der Waals surface area contributed by atoms with Crippen molar-refractivity contribution < 1.29 is 9.90 Å². The molecule has 1 atom stereocenters. The Bertz CT molecular complexity index is 483. The van der Waals surface area contributed by atoms with Gasteiger partial charge in [-0.3, -0.25) is 4.79 Å². The fourth-order valence-electron chi connectivity index (χ4n) is 2.51. The molecule has 0 saturated carbocycles. The fourth-order valence-corrected chi connectivity index (χ4v) is 2.51. The summed E-state index contributed by atoms with van der Waals surface area (Å²) in [4.78, 5) is 14.3. The van der Waals surface area contributed by atoms with Gasteiger partial charge < -0.3 is 15.7 Å². The molecule has 0 aromatic heterocycles. The van der Waals surface area contributed by atoms with Crippen LogP contribution in [-0.4, -0.2) is 34.6 Å². The van der Waals surface area contributed by atoms with Crippen LogP contribution in [0.1, 0.15) is 42.1 Å². The van der Waals surface area contributed by atoms with Gasteiger partial charge in [-0.15, -0.1) is 0 Å². The minimum Gasteiger partial charge on any atom is -0.398 e. The highest BCUT2D eigenvalue weighted by molar-refractivity contribution is 5.99. The molecule has 4 heteroatoms. The van der Waals surface area contributed by atoms with Gasteiger partial charge in [-0.2, -0.15) is 0 Å². The van der Waals surface area contributed by atoms with Crippen molar-refractivity contribution >= 4 is 11.6 Å². The molecule has 1 fully saturated rings. The number of nitrogens with zero attached hydrogens (tertiary/aromatic N) is 1. The van der Waals surface area contributed by atoms with Crippen molar-refractivity contribution in [2.24, 2.45) is 0 Å². The highest BCUT2D eigenvalue weighted by atomic mass is 16.3. The van der Waals surface area contributed by atoms with Gasteiger partial charge >= 0.3 is 0 Å². The van der Waals surface area contributed by atoms with Crippen LogP contribution in [0.25, 0.3) is 0 Å². The van der Waals surface area contributed by atoms with Crippen molar-refractivity contribution in [3.05, 3.63) is 29.3 Å². The summed E-state index contributed by atoms with van der Waals surface area (Å²) in [5, 5.41) is 10.1. The summed E-state index contributed by atoms with van der Waals surface area (Å²) in [5.41, 5.74) is 7.41. The zero-order chi connectivity index (χ0) is 14.0. The van der Waals surface area contributed by atoms with E-state index in [4.69, 9.17) is 5.73 Å². The Morgan fingerprint density at radius 2 is 2.11 bits per heavy atom. The van der Waals surface area contributed by atoms with Crippen LogP contribution in [0.4, 0.5) is 5.69 Å². The molecule has 4 nitrogen and oxygen atoms in total. The number of likely N-dealkylation sites (tertiary alicyclic amines) is 1. The summed E-state index contributed by atoms with van der Waals surface area (Å²) in [7, 11) is 0. The lowest BCUT2D eigenvalue weighted by Crippen LogP contribution is -2.33. The van der Waals surface area contributed by atoms with E-state index in [0.717, 1.165) is 18.4 Å². The zero-order valence-electron chi connectivity index (χ0n) is 11.6. The number of hydrogen-bond donors (Lipinski definition) is 2. The predicted molar refractivity (Wildman–Crippen MR) is 76.0 cm³/mol. The minimum atomic E-state index is -0.659. The molecule has 0 aliphatic carbocycles. The van der Waals surface area contributed by atoms with Gasteiger partial charge in [-0.25, -0.2) is 0 Å². The number of anilines is 1. The van der Waals surface area contributed by atoms with E-state index < -0.39 is 5.60 Å². The van der Waals surface area contributed by atoms with Crippen molar-refractivity contribution in [2.75, 3.05) is 18.8 Å². The average molecular weight is 262 g/mol. The van der Waals surface area contributed by atoms with Crippen LogP contribution in [0.3, 0.4) is 0 Å². The SMILES string of the molecule is Cc1ccc(C(=O)N2CCCC(C)(O)CC2)c(N)c1. The van der Waals surface area contributed by atoms with Crippen molar-refractivity contribution in [3.63, 3.8) is 0 Å². The first-order chi connectivity index (χ1) is 8.89. The second kappa shape index (κ2) is 5.21. The number of aryl methyl sites for hydroxylation is 1. The van der Waals surface area contributed by atoms with E-state index >= 15 is 0 Å². The predicted octanol–water partition coefficient (Wildman–Crippen LogP) is 1.95. The van der Waals surface area contributed by atoms with Gasteiger partial charge in [-0.1, -0.05) is 6.07 Å². The first-order valence-corrected chi connectivity index (χ1v) is 6.77. The Balaban J connectivity index is 2.15. The summed E-state index contributed by atoms with van der Waals surface area (Å²) in [6, 6.07) is 5.51. The van der Waals surface area contributed by atoms with E-state index in [1.165, 1.54) is 0 Å². The fraction of sp³-hybridized carbons (Fsp3) is 0.533. The quantitative estimate of drug-likeness (QED) is 0.760. The minimum absolute atomic E-state index is 0.0322. The van der Waals surface area contributed by atoms with Gasteiger partial charge in [0.1, 0.15) is 0 Å². The van der Waals surface area contributed by atoms with Crippen LogP contribution in [0.15, 0.2) is 18.2 Å². The number of nitrogens with two attached hydrogens (primary N) is 1. The Morgan fingerprint density at radius 1 is 1.37 bits per heavy atom. The number of hydrogen-bond acceptors (Lipinski definition) is 3. The van der Waals surface area contributed by atoms with Crippen LogP contribution < -0.4 is 5.73 Å². The third kappa shape index (κ3) is 3.26. The molecule has 2 rings (SSSR count). The number of aliphatic hydroxyl groups is 1. The van der Waals surface area contributed by atoms with E-state index in [2.05, 4.69) is 0 Å². The smallest absolute Gasteiger partial charge is 0.255 e. The van der Waals surface area contributed by atoms with Crippen molar-refractivity contribution in [2.45, 2.75) is 38.7 Å². The Labute approximate surface area is 114 Å².